The smallest absolute Gasteiger partial charge is 0.323 e. The second-order valence-electron chi connectivity index (χ2n) is 10.7. The second-order valence-corrected chi connectivity index (χ2v) is 10.7. The van der Waals surface area contributed by atoms with Gasteiger partial charge in [0.25, 0.3) is 5.91 Å². The number of para-hydroxylation sites is 1. The molecule has 0 fully saturated rings. The summed E-state index contributed by atoms with van der Waals surface area (Å²) in [6.07, 6.45) is -0.318. The van der Waals surface area contributed by atoms with Crippen LogP contribution in [-0.4, -0.2) is 80.0 Å². The highest BCUT2D eigenvalue weighted by Gasteiger charge is 2.34. The Hall–Kier alpha value is -4.28. The monoisotopic (exact) mass is 576 g/mol. The summed E-state index contributed by atoms with van der Waals surface area (Å²) >= 11 is 0. The lowest BCUT2D eigenvalue weighted by molar-refractivity contribution is 0.0343. The molecule has 1 aliphatic heterocycles. The first kappa shape index (κ1) is 30.7. The fraction of sp³-hybridized carbons (Fsp3) is 0.375. The van der Waals surface area contributed by atoms with Gasteiger partial charge in [-0.15, -0.1) is 0 Å². The second kappa shape index (κ2) is 14.1. The quantitative estimate of drug-likeness (QED) is 0.321. The van der Waals surface area contributed by atoms with Gasteiger partial charge >= 0.3 is 6.03 Å². The lowest BCUT2D eigenvalue weighted by atomic mass is 9.99. The molecule has 3 atom stereocenters. The molecular weight excluding hydrogens is 536 g/mol. The first-order chi connectivity index (χ1) is 20.2. The van der Waals surface area contributed by atoms with Gasteiger partial charge in [0.2, 0.25) is 0 Å². The number of ether oxygens (including phenoxy) is 3. The highest BCUT2D eigenvalue weighted by molar-refractivity contribution is 6.04. The Kier molecular flexibility index (Phi) is 10.3. The van der Waals surface area contributed by atoms with Crippen molar-refractivity contribution in [1.29, 1.82) is 0 Å². The Labute approximate surface area is 247 Å². The number of carbonyl (C=O) groups is 2. The molecule has 4 rings (SSSR count). The van der Waals surface area contributed by atoms with Crippen LogP contribution in [0, 0.1) is 5.92 Å². The molecule has 3 N–H and O–H groups in total. The molecule has 3 aromatic rings. The molecule has 10 heteroatoms. The van der Waals surface area contributed by atoms with Crippen molar-refractivity contribution >= 4 is 23.3 Å². The van der Waals surface area contributed by atoms with Crippen molar-refractivity contribution in [3.8, 4) is 17.2 Å². The molecular formula is C32H40N4O6. The largest absolute Gasteiger partial charge is 0.497 e. The summed E-state index contributed by atoms with van der Waals surface area (Å²) in [4.78, 5) is 30.6. The van der Waals surface area contributed by atoms with Crippen molar-refractivity contribution < 1.29 is 28.9 Å². The van der Waals surface area contributed by atoms with Crippen molar-refractivity contribution in [2.45, 2.75) is 32.5 Å². The zero-order valence-corrected chi connectivity index (χ0v) is 24.8. The number of urea groups is 1. The standard InChI is InChI=1S/C32H40N4O6/c1-21-17-36(22(2)20-37)31(38)27-7-6-8-28(34-32(39)33-24-11-15-26(41-5)16-12-24)30(27)42-29(21)19-35(3)18-23-9-13-25(40-4)14-10-23/h6-16,21-22,29,37H,17-20H2,1-5H3,(H2,33,34,39)/t21-,22+,29-/m0/s1. The van der Waals surface area contributed by atoms with E-state index in [2.05, 4.69) is 15.5 Å². The van der Waals surface area contributed by atoms with E-state index in [1.807, 2.05) is 45.2 Å². The number of aliphatic hydroxyl groups is 1. The maximum atomic E-state index is 13.7. The predicted molar refractivity (Wildman–Crippen MR) is 163 cm³/mol. The first-order valence-electron chi connectivity index (χ1n) is 14.0. The number of nitrogens with one attached hydrogen (secondary N) is 2. The fourth-order valence-corrected chi connectivity index (χ4v) is 4.93. The molecule has 0 unspecified atom stereocenters. The van der Waals surface area contributed by atoms with Crippen LogP contribution < -0.4 is 24.8 Å². The average molecular weight is 577 g/mol. The van der Waals surface area contributed by atoms with E-state index >= 15 is 0 Å². The fourth-order valence-electron chi connectivity index (χ4n) is 4.93. The van der Waals surface area contributed by atoms with Crippen LogP contribution in [0.1, 0.15) is 29.8 Å². The normalized spacial score (nSPS) is 17.4. The van der Waals surface area contributed by atoms with Crippen molar-refractivity contribution in [3.05, 3.63) is 77.9 Å². The molecule has 1 aliphatic rings. The van der Waals surface area contributed by atoms with Gasteiger partial charge in [0.1, 0.15) is 17.6 Å². The zero-order chi connectivity index (χ0) is 30.2. The van der Waals surface area contributed by atoms with Gasteiger partial charge in [-0.1, -0.05) is 25.1 Å². The molecule has 0 aliphatic carbocycles. The molecule has 0 saturated heterocycles. The summed E-state index contributed by atoms with van der Waals surface area (Å²) in [5.41, 5.74) is 2.41. The summed E-state index contributed by atoms with van der Waals surface area (Å²) in [7, 11) is 5.24. The van der Waals surface area contributed by atoms with Crippen LogP contribution in [0.3, 0.4) is 0 Å². The van der Waals surface area contributed by atoms with Gasteiger partial charge in [-0.2, -0.15) is 0 Å². The van der Waals surface area contributed by atoms with E-state index < -0.39 is 12.1 Å². The van der Waals surface area contributed by atoms with Gasteiger partial charge in [-0.25, -0.2) is 4.79 Å². The Bertz CT molecular complexity index is 1350. The number of carbonyl (C=O) groups excluding carboxylic acids is 2. The SMILES string of the molecule is COc1ccc(CN(C)C[C@@H]2Oc3c(NC(=O)Nc4ccc(OC)cc4)cccc3C(=O)N([C@H](C)CO)C[C@@H]2C)cc1. The Morgan fingerprint density at radius 2 is 1.69 bits per heavy atom. The van der Waals surface area contributed by atoms with Crippen LogP contribution >= 0.6 is 0 Å². The van der Waals surface area contributed by atoms with Gasteiger partial charge in [0.05, 0.1) is 38.1 Å². The number of fused-ring (bicyclic) bond motifs is 1. The molecule has 10 nitrogen and oxygen atoms in total. The highest BCUT2D eigenvalue weighted by Crippen LogP contribution is 2.35. The number of nitrogens with zero attached hydrogens (tertiary/aromatic N) is 2. The number of methoxy groups -OCH3 is 2. The topological polar surface area (TPSA) is 113 Å². The molecule has 0 bridgehead atoms. The average Bonchev–Trinajstić information content (AvgIpc) is 2.99. The molecule has 0 spiro atoms. The van der Waals surface area contributed by atoms with Crippen LogP contribution in [0.15, 0.2) is 66.7 Å². The minimum absolute atomic E-state index is 0.0735. The number of aliphatic hydroxyl groups excluding tert-OH is 1. The highest BCUT2D eigenvalue weighted by atomic mass is 16.5. The van der Waals surface area contributed by atoms with Crippen molar-refractivity contribution in [2.75, 3.05) is 51.6 Å². The number of hydrogen-bond acceptors (Lipinski definition) is 7. The third-order valence-corrected chi connectivity index (χ3v) is 7.39. The zero-order valence-electron chi connectivity index (χ0n) is 24.8. The molecule has 0 aromatic heterocycles. The van der Waals surface area contributed by atoms with E-state index in [1.165, 1.54) is 0 Å². The Morgan fingerprint density at radius 1 is 1.05 bits per heavy atom. The number of amides is 3. The molecule has 0 radical (unpaired) electrons. The van der Waals surface area contributed by atoms with E-state index in [0.29, 0.717) is 48.1 Å². The summed E-state index contributed by atoms with van der Waals surface area (Å²) in [5, 5.41) is 15.6. The van der Waals surface area contributed by atoms with Gasteiger partial charge < -0.3 is 34.9 Å². The molecule has 1 heterocycles. The van der Waals surface area contributed by atoms with Gasteiger partial charge in [0, 0.05) is 31.2 Å². The maximum Gasteiger partial charge on any atom is 0.323 e. The van der Waals surface area contributed by atoms with Crippen molar-refractivity contribution in [3.63, 3.8) is 0 Å². The van der Waals surface area contributed by atoms with Gasteiger partial charge in [0.15, 0.2) is 5.75 Å². The summed E-state index contributed by atoms with van der Waals surface area (Å²) in [5.74, 6) is 1.44. The van der Waals surface area contributed by atoms with Crippen molar-refractivity contribution in [1.82, 2.24) is 9.80 Å². The molecule has 3 aromatic carbocycles. The van der Waals surface area contributed by atoms with Crippen LogP contribution in [0.2, 0.25) is 0 Å². The molecule has 42 heavy (non-hydrogen) atoms. The van der Waals surface area contributed by atoms with Crippen molar-refractivity contribution in [2.24, 2.45) is 5.92 Å². The van der Waals surface area contributed by atoms with E-state index in [1.54, 1.807) is 61.6 Å². The molecule has 224 valence electrons. The van der Waals surface area contributed by atoms with E-state index in [4.69, 9.17) is 14.2 Å². The van der Waals surface area contributed by atoms with Gasteiger partial charge in [-0.3, -0.25) is 9.69 Å². The predicted octanol–water partition coefficient (Wildman–Crippen LogP) is 4.70. The lowest BCUT2D eigenvalue weighted by Gasteiger charge is -2.38. The Morgan fingerprint density at radius 3 is 2.31 bits per heavy atom. The maximum absolute atomic E-state index is 13.7. The number of rotatable bonds is 10. The third-order valence-electron chi connectivity index (χ3n) is 7.39. The number of likely N-dealkylation sites (N-methyl/N-ethyl adjacent to an activating group) is 1. The van der Waals surface area contributed by atoms with Gasteiger partial charge in [-0.05, 0) is 68.1 Å². The van der Waals surface area contributed by atoms with Crippen LogP contribution in [0.4, 0.5) is 16.2 Å². The summed E-state index contributed by atoms with van der Waals surface area (Å²) in [6, 6.07) is 19.1. The minimum atomic E-state index is -0.478. The van der Waals surface area contributed by atoms with E-state index in [-0.39, 0.29) is 24.5 Å². The number of hydrogen-bond donors (Lipinski definition) is 3. The first-order valence-corrected chi connectivity index (χ1v) is 14.0. The third kappa shape index (κ3) is 7.51. The van der Waals surface area contributed by atoms with E-state index in [0.717, 1.165) is 11.3 Å². The Balaban J connectivity index is 1.60. The molecule has 0 saturated carbocycles. The summed E-state index contributed by atoms with van der Waals surface area (Å²) < 4.78 is 17.1. The van der Waals surface area contributed by atoms with Crippen LogP contribution in [-0.2, 0) is 6.54 Å². The number of anilines is 2. The van der Waals surface area contributed by atoms with Crippen LogP contribution in [0.25, 0.3) is 0 Å². The van der Waals surface area contributed by atoms with E-state index in [9.17, 15) is 14.7 Å². The summed E-state index contributed by atoms with van der Waals surface area (Å²) in [6.45, 7) is 5.35. The van der Waals surface area contributed by atoms with Crippen LogP contribution in [0.5, 0.6) is 17.2 Å². The minimum Gasteiger partial charge on any atom is -0.497 e. The molecule has 3 amide bonds. The number of benzene rings is 3. The lowest BCUT2D eigenvalue weighted by Crippen LogP contribution is -2.49.